The summed E-state index contributed by atoms with van der Waals surface area (Å²) in [6, 6.07) is 5.33. The predicted molar refractivity (Wildman–Crippen MR) is 144 cm³/mol. The first-order valence-corrected chi connectivity index (χ1v) is 12.8. The summed E-state index contributed by atoms with van der Waals surface area (Å²) in [7, 11) is 1.47. The quantitative estimate of drug-likeness (QED) is 0.450. The molecule has 0 aliphatic carbocycles. The van der Waals surface area contributed by atoms with E-state index in [4.69, 9.17) is 15.2 Å². The first kappa shape index (κ1) is 28.9. The Labute approximate surface area is 229 Å². The standard InChI is InChI=1S/C26H32BrN5O6/c1-6-21(33)31(5)14-19(30-25(36)38-26(2,3)4)24(35)32-13-17(12-20(32)22(28)34)37-23-18-11-16(27)8-7-15(18)9-10-29-23/h6-11,17,19-20H,1,12-14H2,2-5H3,(H2,28,34)(H,30,36). The maximum absolute atomic E-state index is 13.7. The number of halogens is 1. The number of hydrogen-bond acceptors (Lipinski definition) is 7. The van der Waals surface area contributed by atoms with Gasteiger partial charge in [0.25, 0.3) is 0 Å². The first-order valence-electron chi connectivity index (χ1n) is 12.0. The van der Waals surface area contributed by atoms with E-state index < -0.39 is 47.6 Å². The number of alkyl carbamates (subject to hydrolysis) is 1. The van der Waals surface area contributed by atoms with Crippen molar-refractivity contribution in [2.24, 2.45) is 5.73 Å². The Morgan fingerprint density at radius 1 is 1.32 bits per heavy atom. The molecule has 3 atom stereocenters. The van der Waals surface area contributed by atoms with Gasteiger partial charge in [-0.25, -0.2) is 9.78 Å². The molecule has 1 fully saturated rings. The number of nitrogens with one attached hydrogen (secondary N) is 1. The van der Waals surface area contributed by atoms with Gasteiger partial charge in [0.1, 0.15) is 23.8 Å². The van der Waals surface area contributed by atoms with E-state index in [1.54, 1.807) is 27.0 Å². The smallest absolute Gasteiger partial charge is 0.408 e. The van der Waals surface area contributed by atoms with Gasteiger partial charge in [0.2, 0.25) is 23.6 Å². The molecule has 0 bridgehead atoms. The number of carbonyl (C=O) groups is 4. The highest BCUT2D eigenvalue weighted by Gasteiger charge is 2.43. The summed E-state index contributed by atoms with van der Waals surface area (Å²) in [6.45, 7) is 8.33. The Morgan fingerprint density at radius 3 is 2.66 bits per heavy atom. The van der Waals surface area contributed by atoms with Gasteiger partial charge in [0.05, 0.1) is 13.1 Å². The summed E-state index contributed by atoms with van der Waals surface area (Å²) in [4.78, 5) is 57.5. The number of likely N-dealkylation sites (N-methyl/N-ethyl adjacent to an activating group) is 1. The molecule has 38 heavy (non-hydrogen) atoms. The number of fused-ring (bicyclic) bond motifs is 1. The highest BCUT2D eigenvalue weighted by molar-refractivity contribution is 9.10. The van der Waals surface area contributed by atoms with Crippen molar-refractivity contribution in [1.29, 1.82) is 0 Å². The maximum atomic E-state index is 13.7. The van der Waals surface area contributed by atoms with Gasteiger partial charge < -0.3 is 30.3 Å². The third kappa shape index (κ3) is 7.21. The monoisotopic (exact) mass is 589 g/mol. The summed E-state index contributed by atoms with van der Waals surface area (Å²) in [5, 5.41) is 4.19. The predicted octanol–water partition coefficient (Wildman–Crippen LogP) is 2.37. The second-order valence-corrected chi connectivity index (χ2v) is 10.9. The van der Waals surface area contributed by atoms with Crippen LogP contribution in [-0.2, 0) is 19.1 Å². The first-order chi connectivity index (χ1) is 17.8. The van der Waals surface area contributed by atoms with Crippen LogP contribution in [0.25, 0.3) is 10.8 Å². The van der Waals surface area contributed by atoms with Gasteiger partial charge in [-0.15, -0.1) is 0 Å². The number of benzene rings is 1. The summed E-state index contributed by atoms with van der Waals surface area (Å²) >= 11 is 3.45. The Bertz CT molecular complexity index is 1250. The van der Waals surface area contributed by atoms with E-state index in [0.29, 0.717) is 5.88 Å². The lowest BCUT2D eigenvalue weighted by atomic mass is 10.1. The Kier molecular flexibility index (Phi) is 8.97. The summed E-state index contributed by atoms with van der Waals surface area (Å²) in [5.74, 6) is -1.42. The Hall–Kier alpha value is -3.67. The molecule has 3 N–H and O–H groups in total. The fourth-order valence-corrected chi connectivity index (χ4v) is 4.48. The van der Waals surface area contributed by atoms with E-state index in [1.807, 2.05) is 24.3 Å². The lowest BCUT2D eigenvalue weighted by molar-refractivity contribution is -0.140. The molecule has 0 spiro atoms. The van der Waals surface area contributed by atoms with Crippen molar-refractivity contribution < 1.29 is 28.7 Å². The third-order valence-electron chi connectivity index (χ3n) is 5.84. The maximum Gasteiger partial charge on any atom is 0.408 e. The van der Waals surface area contributed by atoms with Gasteiger partial charge in [-0.05, 0) is 50.4 Å². The summed E-state index contributed by atoms with van der Waals surface area (Å²) in [5.41, 5.74) is 4.83. The molecule has 1 aromatic carbocycles. The molecule has 2 heterocycles. The fourth-order valence-electron chi connectivity index (χ4n) is 4.12. The van der Waals surface area contributed by atoms with Crippen LogP contribution >= 0.6 is 15.9 Å². The average Bonchev–Trinajstić information content (AvgIpc) is 3.26. The third-order valence-corrected chi connectivity index (χ3v) is 6.33. The van der Waals surface area contributed by atoms with Crippen LogP contribution in [0.4, 0.5) is 4.79 Å². The van der Waals surface area contributed by atoms with Gasteiger partial charge in [-0.3, -0.25) is 14.4 Å². The molecule has 0 saturated carbocycles. The zero-order chi connectivity index (χ0) is 28.2. The number of ether oxygens (including phenoxy) is 2. The second-order valence-electron chi connectivity index (χ2n) is 9.99. The van der Waals surface area contributed by atoms with Gasteiger partial charge in [-0.2, -0.15) is 0 Å². The lowest BCUT2D eigenvalue weighted by Crippen LogP contribution is -2.57. The molecule has 1 aliphatic rings. The van der Waals surface area contributed by atoms with Crippen molar-refractivity contribution in [3.05, 3.63) is 47.6 Å². The normalized spacial score (nSPS) is 18.0. The number of carbonyl (C=O) groups excluding carboxylic acids is 4. The average molecular weight is 590 g/mol. The number of primary amides is 1. The molecule has 3 rings (SSSR count). The minimum absolute atomic E-state index is 0.0180. The second kappa shape index (κ2) is 11.8. The van der Waals surface area contributed by atoms with Crippen LogP contribution in [0.15, 0.2) is 47.6 Å². The molecule has 3 unspecified atom stereocenters. The van der Waals surface area contributed by atoms with Gasteiger partial charge in [0.15, 0.2) is 0 Å². The zero-order valence-corrected chi connectivity index (χ0v) is 23.4. The molecular formula is C26H32BrN5O6. The van der Waals surface area contributed by atoms with Crippen LogP contribution < -0.4 is 15.8 Å². The van der Waals surface area contributed by atoms with E-state index in [1.165, 1.54) is 16.8 Å². The van der Waals surface area contributed by atoms with Gasteiger partial charge in [0, 0.05) is 29.5 Å². The van der Waals surface area contributed by atoms with Crippen LogP contribution in [-0.4, -0.2) is 82.5 Å². The number of amides is 4. The number of aromatic nitrogens is 1. The van der Waals surface area contributed by atoms with Crippen LogP contribution in [0, 0.1) is 0 Å². The van der Waals surface area contributed by atoms with E-state index in [0.717, 1.165) is 21.3 Å². The van der Waals surface area contributed by atoms with Crippen LogP contribution in [0.1, 0.15) is 27.2 Å². The number of nitrogens with two attached hydrogens (primary N) is 1. The molecule has 0 radical (unpaired) electrons. The van der Waals surface area contributed by atoms with E-state index in [2.05, 4.69) is 32.8 Å². The highest BCUT2D eigenvalue weighted by atomic mass is 79.9. The van der Waals surface area contributed by atoms with E-state index in [9.17, 15) is 19.2 Å². The van der Waals surface area contributed by atoms with Crippen molar-refractivity contribution in [2.75, 3.05) is 20.1 Å². The molecule has 1 saturated heterocycles. The molecule has 12 heteroatoms. The van der Waals surface area contributed by atoms with Crippen molar-refractivity contribution in [2.45, 2.75) is 51.0 Å². The molecule has 204 valence electrons. The largest absolute Gasteiger partial charge is 0.472 e. The minimum atomic E-state index is -1.22. The zero-order valence-electron chi connectivity index (χ0n) is 21.8. The van der Waals surface area contributed by atoms with Crippen molar-refractivity contribution >= 4 is 50.5 Å². The molecule has 1 aliphatic heterocycles. The fraction of sp³-hybridized carbons (Fsp3) is 0.423. The number of nitrogens with zero attached hydrogens (tertiary/aromatic N) is 3. The SMILES string of the molecule is C=CC(=O)N(C)CC(NC(=O)OC(C)(C)C)C(=O)N1CC(Oc2nccc3ccc(Br)cc23)CC1C(N)=O. The lowest BCUT2D eigenvalue weighted by Gasteiger charge is -2.30. The molecule has 11 nitrogen and oxygen atoms in total. The van der Waals surface area contributed by atoms with Crippen molar-refractivity contribution in [3.63, 3.8) is 0 Å². The van der Waals surface area contributed by atoms with Gasteiger partial charge in [-0.1, -0.05) is 28.6 Å². The summed E-state index contributed by atoms with van der Waals surface area (Å²) in [6.07, 6.45) is 1.40. The van der Waals surface area contributed by atoms with E-state index >= 15 is 0 Å². The topological polar surface area (TPSA) is 144 Å². The van der Waals surface area contributed by atoms with Crippen LogP contribution in [0.3, 0.4) is 0 Å². The molecule has 1 aromatic heterocycles. The molecule has 4 amide bonds. The number of rotatable bonds is 8. The van der Waals surface area contributed by atoms with Gasteiger partial charge >= 0.3 is 6.09 Å². The van der Waals surface area contributed by atoms with Crippen molar-refractivity contribution in [3.8, 4) is 5.88 Å². The summed E-state index contributed by atoms with van der Waals surface area (Å²) < 4.78 is 12.3. The number of likely N-dealkylation sites (tertiary alicyclic amines) is 1. The number of hydrogen-bond donors (Lipinski definition) is 2. The molecule has 2 aromatic rings. The van der Waals surface area contributed by atoms with Crippen LogP contribution in [0.5, 0.6) is 5.88 Å². The highest BCUT2D eigenvalue weighted by Crippen LogP contribution is 2.30. The van der Waals surface area contributed by atoms with E-state index in [-0.39, 0.29) is 19.5 Å². The molecular weight excluding hydrogens is 558 g/mol. The van der Waals surface area contributed by atoms with Crippen LogP contribution in [0.2, 0.25) is 0 Å². The number of pyridine rings is 1. The Balaban J connectivity index is 1.85. The van der Waals surface area contributed by atoms with Crippen molar-refractivity contribution in [1.82, 2.24) is 20.1 Å². The Morgan fingerprint density at radius 2 is 2.03 bits per heavy atom. The minimum Gasteiger partial charge on any atom is -0.472 e.